The fourth-order valence-electron chi connectivity index (χ4n) is 0.714. The van der Waals surface area contributed by atoms with Crippen LogP contribution in [0.3, 0.4) is 0 Å². The van der Waals surface area contributed by atoms with Crippen LogP contribution in [0, 0.1) is 0 Å². The summed E-state index contributed by atoms with van der Waals surface area (Å²) in [6.07, 6.45) is -0.133. The molecule has 0 spiro atoms. The topological polar surface area (TPSA) is 29.1 Å². The maximum Gasteiger partial charge on any atom is 0.192 e. The highest BCUT2D eigenvalue weighted by molar-refractivity contribution is 6.74. The lowest BCUT2D eigenvalue weighted by Gasteiger charge is -2.37. The predicted molar refractivity (Wildman–Crippen MR) is 53.3 cm³/mol. The molecule has 0 aliphatic rings. The second-order valence-electron chi connectivity index (χ2n) is 4.86. The number of hydrogen-bond donors (Lipinski definition) is 0. The van der Waals surface area contributed by atoms with E-state index in [1.54, 1.807) is 0 Å². The molecule has 2 nitrogen and oxygen atoms in total. The molecule has 0 saturated carbocycles. The third-order valence-corrected chi connectivity index (χ3v) is 7.14. The molecule has 0 aromatic heterocycles. The van der Waals surface area contributed by atoms with E-state index in [2.05, 4.69) is 33.9 Å². The van der Waals surface area contributed by atoms with Crippen LogP contribution in [-0.2, 0) is 9.53 Å². The SMILES string of the molecule is C[C@H](C[O])O[Si](C)(C)C(C)(C)C. The fourth-order valence-corrected chi connectivity index (χ4v) is 2.14. The first-order valence-corrected chi connectivity index (χ1v) is 7.37. The normalized spacial score (nSPS) is 16.2. The van der Waals surface area contributed by atoms with E-state index >= 15 is 0 Å². The maximum atomic E-state index is 10.5. The molecule has 0 amide bonds. The first-order valence-electron chi connectivity index (χ1n) is 4.46. The lowest BCUT2D eigenvalue weighted by Crippen LogP contribution is -2.43. The van der Waals surface area contributed by atoms with E-state index in [0.29, 0.717) is 0 Å². The summed E-state index contributed by atoms with van der Waals surface area (Å²) in [5, 5.41) is 10.7. The average molecular weight is 189 g/mol. The van der Waals surface area contributed by atoms with E-state index in [-0.39, 0.29) is 17.7 Å². The molecule has 0 saturated heterocycles. The summed E-state index contributed by atoms with van der Waals surface area (Å²) < 4.78 is 5.78. The lowest BCUT2D eigenvalue weighted by atomic mass is 10.2. The van der Waals surface area contributed by atoms with Crippen LogP contribution in [0.5, 0.6) is 0 Å². The molecule has 0 fully saturated rings. The highest BCUT2D eigenvalue weighted by Gasteiger charge is 2.38. The Kier molecular flexibility index (Phi) is 3.94. The van der Waals surface area contributed by atoms with Crippen LogP contribution in [0.2, 0.25) is 18.1 Å². The lowest BCUT2D eigenvalue weighted by molar-refractivity contribution is 0.0737. The minimum atomic E-state index is -1.69. The van der Waals surface area contributed by atoms with Crippen LogP contribution in [0.25, 0.3) is 0 Å². The quantitative estimate of drug-likeness (QED) is 0.628. The van der Waals surface area contributed by atoms with Crippen molar-refractivity contribution in [3.8, 4) is 0 Å². The summed E-state index contributed by atoms with van der Waals surface area (Å²) in [7, 11) is -1.69. The minimum absolute atomic E-state index is 0.132. The maximum absolute atomic E-state index is 10.5. The molecule has 0 heterocycles. The first kappa shape index (κ1) is 12.1. The van der Waals surface area contributed by atoms with Gasteiger partial charge in [0, 0.05) is 0 Å². The molecular formula is C9H21O2Si. The van der Waals surface area contributed by atoms with Gasteiger partial charge in [-0.05, 0) is 25.1 Å². The van der Waals surface area contributed by atoms with Gasteiger partial charge in [-0.25, -0.2) is 5.11 Å². The van der Waals surface area contributed by atoms with Gasteiger partial charge in [0.05, 0.1) is 6.10 Å². The van der Waals surface area contributed by atoms with E-state index in [1.165, 1.54) is 0 Å². The largest absolute Gasteiger partial charge is 0.412 e. The average Bonchev–Trinajstić information content (AvgIpc) is 1.84. The molecule has 0 aliphatic heterocycles. The summed E-state index contributed by atoms with van der Waals surface area (Å²) >= 11 is 0. The zero-order chi connectivity index (χ0) is 9.99. The van der Waals surface area contributed by atoms with Crippen molar-refractivity contribution in [3.05, 3.63) is 0 Å². The van der Waals surface area contributed by atoms with Gasteiger partial charge in [0.2, 0.25) is 0 Å². The van der Waals surface area contributed by atoms with Crippen LogP contribution in [0.15, 0.2) is 0 Å². The third kappa shape index (κ3) is 3.25. The summed E-state index contributed by atoms with van der Waals surface area (Å²) in [5.74, 6) is 0. The molecule has 1 atom stereocenters. The Morgan fingerprint density at radius 2 is 1.75 bits per heavy atom. The van der Waals surface area contributed by atoms with Crippen molar-refractivity contribution in [2.24, 2.45) is 0 Å². The molecule has 0 unspecified atom stereocenters. The Hall–Kier alpha value is 0.137. The second kappa shape index (κ2) is 3.90. The smallest absolute Gasteiger partial charge is 0.192 e. The molecule has 0 rings (SSSR count). The van der Waals surface area contributed by atoms with Crippen molar-refractivity contribution in [1.82, 2.24) is 0 Å². The number of hydrogen-bond acceptors (Lipinski definition) is 1. The standard InChI is InChI=1S/C9H21O2Si/c1-8(7-10)11-12(5,6)9(2,3)4/h8H,7H2,1-6H3/t8-/m1/s1. The molecule has 0 aromatic carbocycles. The van der Waals surface area contributed by atoms with Crippen molar-refractivity contribution in [1.29, 1.82) is 0 Å². The molecule has 0 N–H and O–H groups in total. The van der Waals surface area contributed by atoms with Crippen LogP contribution in [-0.4, -0.2) is 21.0 Å². The minimum Gasteiger partial charge on any atom is -0.412 e. The fraction of sp³-hybridized carbons (Fsp3) is 1.00. The van der Waals surface area contributed by atoms with Gasteiger partial charge < -0.3 is 4.43 Å². The van der Waals surface area contributed by atoms with Gasteiger partial charge in [-0.2, -0.15) is 0 Å². The number of rotatable bonds is 3. The monoisotopic (exact) mass is 189 g/mol. The van der Waals surface area contributed by atoms with Crippen molar-refractivity contribution in [2.45, 2.75) is 51.9 Å². The molecule has 1 radical (unpaired) electrons. The first-order chi connectivity index (χ1) is 5.20. The predicted octanol–water partition coefficient (Wildman–Crippen LogP) is 2.83. The van der Waals surface area contributed by atoms with E-state index in [9.17, 15) is 5.11 Å². The summed E-state index contributed by atoms with van der Waals surface area (Å²) in [4.78, 5) is 0. The van der Waals surface area contributed by atoms with E-state index in [1.807, 2.05) is 6.92 Å². The second-order valence-corrected chi connectivity index (χ2v) is 9.61. The van der Waals surface area contributed by atoms with Gasteiger partial charge in [0.25, 0.3) is 0 Å². The highest BCUT2D eigenvalue weighted by Crippen LogP contribution is 2.37. The van der Waals surface area contributed by atoms with Gasteiger partial charge in [-0.1, -0.05) is 20.8 Å². The molecule has 0 bridgehead atoms. The summed E-state index contributed by atoms with van der Waals surface area (Å²) in [5.41, 5.74) is 0. The highest BCUT2D eigenvalue weighted by atomic mass is 28.4. The molecule has 0 aliphatic carbocycles. The van der Waals surface area contributed by atoms with Crippen LogP contribution in [0.4, 0.5) is 0 Å². The Labute approximate surface area is 77.1 Å². The molecule has 12 heavy (non-hydrogen) atoms. The Morgan fingerprint density at radius 3 is 2.00 bits per heavy atom. The van der Waals surface area contributed by atoms with Crippen molar-refractivity contribution >= 4 is 8.32 Å². The third-order valence-electron chi connectivity index (χ3n) is 2.54. The summed E-state index contributed by atoms with van der Waals surface area (Å²) in [6.45, 7) is 12.6. The Balaban J connectivity index is 4.22. The van der Waals surface area contributed by atoms with Gasteiger partial charge in [0.1, 0.15) is 6.61 Å². The zero-order valence-electron chi connectivity index (χ0n) is 9.10. The van der Waals surface area contributed by atoms with Gasteiger partial charge in [-0.15, -0.1) is 0 Å². The van der Waals surface area contributed by atoms with Crippen LogP contribution < -0.4 is 0 Å². The van der Waals surface area contributed by atoms with Gasteiger partial charge in [0.15, 0.2) is 8.32 Å². The Bertz CT molecular complexity index is 138. The molecular weight excluding hydrogens is 168 g/mol. The molecule has 73 valence electrons. The van der Waals surface area contributed by atoms with E-state index < -0.39 is 8.32 Å². The Morgan fingerprint density at radius 1 is 1.33 bits per heavy atom. The molecule has 3 heteroatoms. The molecule has 0 aromatic rings. The summed E-state index contributed by atoms with van der Waals surface area (Å²) in [6, 6.07) is 0. The van der Waals surface area contributed by atoms with E-state index in [4.69, 9.17) is 4.43 Å². The van der Waals surface area contributed by atoms with Gasteiger partial charge in [-0.3, -0.25) is 0 Å². The van der Waals surface area contributed by atoms with Crippen LogP contribution in [0.1, 0.15) is 27.7 Å². The van der Waals surface area contributed by atoms with Crippen molar-refractivity contribution in [3.63, 3.8) is 0 Å². The zero-order valence-corrected chi connectivity index (χ0v) is 10.1. The van der Waals surface area contributed by atoms with Crippen molar-refractivity contribution in [2.75, 3.05) is 6.61 Å². The van der Waals surface area contributed by atoms with Crippen molar-refractivity contribution < 1.29 is 9.53 Å². The van der Waals surface area contributed by atoms with Crippen LogP contribution >= 0.6 is 0 Å². The van der Waals surface area contributed by atoms with E-state index in [0.717, 1.165) is 0 Å². The van der Waals surface area contributed by atoms with Gasteiger partial charge >= 0.3 is 0 Å².